The van der Waals surface area contributed by atoms with Gasteiger partial charge >= 0.3 is 0 Å². The van der Waals surface area contributed by atoms with Crippen LogP contribution in [0.25, 0.3) is 0 Å². The Balaban J connectivity index is 1.74. The summed E-state index contributed by atoms with van der Waals surface area (Å²) in [5.41, 5.74) is 7.63. The van der Waals surface area contributed by atoms with Gasteiger partial charge in [-0.15, -0.1) is 5.10 Å². The van der Waals surface area contributed by atoms with E-state index in [1.54, 1.807) is 5.01 Å². The standard InChI is InChI=1S/C24H24N4S/c1-3-18(2)19-14-16-20(17-15-19)23-25-27(21-10-6-4-7-11-21)24(29)28(26-23)22-12-8-5-9-13-22/h4-18H,3H2,1-2H3,(H,25,26). The lowest BCUT2D eigenvalue weighted by Gasteiger charge is -2.36. The summed E-state index contributed by atoms with van der Waals surface area (Å²) >= 11 is 5.77. The van der Waals surface area contributed by atoms with Crippen molar-refractivity contribution in [3.63, 3.8) is 0 Å². The third-order valence-corrected chi connectivity index (χ3v) is 5.53. The molecule has 0 aromatic heterocycles. The molecule has 0 amide bonds. The lowest BCUT2D eigenvalue weighted by molar-refractivity contribution is 0.733. The van der Waals surface area contributed by atoms with E-state index in [2.05, 4.69) is 43.5 Å². The number of para-hydroxylation sites is 2. The van der Waals surface area contributed by atoms with Crippen LogP contribution in [0.15, 0.2) is 90.0 Å². The zero-order valence-electron chi connectivity index (χ0n) is 16.6. The second-order valence-electron chi connectivity index (χ2n) is 7.09. The van der Waals surface area contributed by atoms with Gasteiger partial charge in [0.1, 0.15) is 0 Å². The highest BCUT2D eigenvalue weighted by Crippen LogP contribution is 2.24. The molecule has 1 unspecified atom stereocenters. The smallest absolute Gasteiger partial charge is 0.221 e. The SMILES string of the molecule is CCC(C)c1ccc(C2=NN(c3ccccc3)C(=S)N(c3ccccc3)N2)cc1. The summed E-state index contributed by atoms with van der Waals surface area (Å²) in [6, 6.07) is 28.6. The van der Waals surface area contributed by atoms with Crippen molar-refractivity contribution in [1.82, 2.24) is 5.43 Å². The van der Waals surface area contributed by atoms with Crippen LogP contribution in [0.1, 0.15) is 37.3 Å². The van der Waals surface area contributed by atoms with E-state index in [-0.39, 0.29) is 0 Å². The van der Waals surface area contributed by atoms with Gasteiger partial charge in [0, 0.05) is 5.56 Å². The fourth-order valence-electron chi connectivity index (χ4n) is 3.23. The molecule has 1 aliphatic rings. The third-order valence-electron chi connectivity index (χ3n) is 5.17. The Morgan fingerprint density at radius 2 is 1.45 bits per heavy atom. The highest BCUT2D eigenvalue weighted by atomic mass is 32.1. The molecule has 1 atom stereocenters. The van der Waals surface area contributed by atoms with Gasteiger partial charge in [-0.1, -0.05) is 74.5 Å². The number of amidine groups is 1. The number of thiocarbonyl (C=S) groups is 1. The molecule has 1 aliphatic heterocycles. The van der Waals surface area contributed by atoms with Crippen LogP contribution in [0.2, 0.25) is 0 Å². The van der Waals surface area contributed by atoms with Gasteiger partial charge in [0.05, 0.1) is 11.4 Å². The molecule has 146 valence electrons. The van der Waals surface area contributed by atoms with Crippen LogP contribution in [0.3, 0.4) is 0 Å². The molecule has 4 rings (SSSR count). The molecule has 0 fully saturated rings. The minimum Gasteiger partial charge on any atom is -0.273 e. The average molecular weight is 401 g/mol. The van der Waals surface area contributed by atoms with E-state index in [0.717, 1.165) is 29.2 Å². The van der Waals surface area contributed by atoms with Crippen molar-refractivity contribution < 1.29 is 0 Å². The van der Waals surface area contributed by atoms with Crippen LogP contribution in [-0.2, 0) is 0 Å². The molecule has 5 heteroatoms. The predicted octanol–water partition coefficient (Wildman–Crippen LogP) is 5.68. The lowest BCUT2D eigenvalue weighted by atomic mass is 9.97. The largest absolute Gasteiger partial charge is 0.273 e. The Hall–Kier alpha value is -3.18. The van der Waals surface area contributed by atoms with Gasteiger partial charge in [-0.25, -0.2) is 10.0 Å². The Bertz CT molecular complexity index is 1000. The third kappa shape index (κ3) is 4.00. The summed E-state index contributed by atoms with van der Waals surface area (Å²) in [7, 11) is 0. The molecule has 0 spiro atoms. The van der Waals surface area contributed by atoms with Gasteiger partial charge in [-0.05, 0) is 54.4 Å². The summed E-state index contributed by atoms with van der Waals surface area (Å²) in [5, 5.41) is 9.10. The van der Waals surface area contributed by atoms with Crippen molar-refractivity contribution in [3.8, 4) is 0 Å². The van der Waals surface area contributed by atoms with Crippen LogP contribution in [-0.4, -0.2) is 10.9 Å². The minimum absolute atomic E-state index is 0.541. The van der Waals surface area contributed by atoms with Gasteiger partial charge in [-0.3, -0.25) is 5.43 Å². The molecule has 0 saturated heterocycles. The second kappa shape index (κ2) is 8.45. The predicted molar refractivity (Wildman–Crippen MR) is 125 cm³/mol. The highest BCUT2D eigenvalue weighted by Gasteiger charge is 2.27. The van der Waals surface area contributed by atoms with Crippen molar-refractivity contribution in [1.29, 1.82) is 0 Å². The number of rotatable bonds is 5. The summed E-state index contributed by atoms with van der Waals surface area (Å²) in [6.07, 6.45) is 1.12. The monoisotopic (exact) mass is 400 g/mol. The van der Waals surface area contributed by atoms with Crippen molar-refractivity contribution in [2.45, 2.75) is 26.2 Å². The summed E-state index contributed by atoms with van der Waals surface area (Å²) in [4.78, 5) is 0. The number of anilines is 2. The quantitative estimate of drug-likeness (QED) is 0.559. The molecular weight excluding hydrogens is 376 g/mol. The molecule has 3 aromatic rings. The molecule has 1 N–H and O–H groups in total. The lowest BCUT2D eigenvalue weighted by Crippen LogP contribution is -2.56. The van der Waals surface area contributed by atoms with Crippen molar-refractivity contribution >= 4 is 34.5 Å². The van der Waals surface area contributed by atoms with Crippen LogP contribution in [0.5, 0.6) is 0 Å². The molecular formula is C24H24N4S. The fraction of sp³-hybridized carbons (Fsp3) is 0.167. The number of hydrogen-bond acceptors (Lipinski definition) is 3. The molecule has 0 radical (unpaired) electrons. The Labute approximate surface area is 177 Å². The first-order chi connectivity index (χ1) is 14.2. The molecule has 0 aliphatic carbocycles. The molecule has 0 saturated carbocycles. The van der Waals surface area contributed by atoms with E-state index in [4.69, 9.17) is 17.3 Å². The molecule has 4 nitrogen and oxygen atoms in total. The van der Waals surface area contributed by atoms with Gasteiger partial charge in [0.25, 0.3) is 0 Å². The Morgan fingerprint density at radius 3 is 2.03 bits per heavy atom. The van der Waals surface area contributed by atoms with Crippen LogP contribution in [0, 0.1) is 0 Å². The van der Waals surface area contributed by atoms with Crippen molar-refractivity contribution in [2.75, 3.05) is 10.0 Å². The number of benzene rings is 3. The maximum absolute atomic E-state index is 5.77. The van der Waals surface area contributed by atoms with E-state index in [0.29, 0.717) is 11.0 Å². The van der Waals surface area contributed by atoms with Crippen molar-refractivity contribution in [3.05, 3.63) is 96.1 Å². The zero-order chi connectivity index (χ0) is 20.2. The van der Waals surface area contributed by atoms with Gasteiger partial charge in [0.2, 0.25) is 5.11 Å². The van der Waals surface area contributed by atoms with E-state index < -0.39 is 0 Å². The van der Waals surface area contributed by atoms with Crippen LogP contribution < -0.4 is 15.4 Å². The fourth-order valence-corrected chi connectivity index (χ4v) is 3.53. The molecule has 1 heterocycles. The summed E-state index contributed by atoms with van der Waals surface area (Å²) in [5.74, 6) is 1.29. The molecule has 3 aromatic carbocycles. The normalized spacial score (nSPS) is 15.0. The average Bonchev–Trinajstić information content (AvgIpc) is 2.80. The van der Waals surface area contributed by atoms with E-state index in [1.807, 2.05) is 65.7 Å². The number of hydrazone groups is 1. The maximum Gasteiger partial charge on any atom is 0.221 e. The number of hydrogen-bond donors (Lipinski definition) is 1. The first-order valence-corrected chi connectivity index (χ1v) is 10.3. The maximum atomic E-state index is 5.77. The summed E-state index contributed by atoms with van der Waals surface area (Å²) < 4.78 is 0. The van der Waals surface area contributed by atoms with Gasteiger partial charge in [0.15, 0.2) is 5.84 Å². The Kier molecular flexibility index (Phi) is 5.58. The number of nitrogens with one attached hydrogen (secondary N) is 1. The minimum atomic E-state index is 0.541. The first-order valence-electron chi connectivity index (χ1n) is 9.87. The molecule has 0 bridgehead atoms. The Morgan fingerprint density at radius 1 is 0.862 bits per heavy atom. The van der Waals surface area contributed by atoms with E-state index >= 15 is 0 Å². The highest BCUT2D eigenvalue weighted by molar-refractivity contribution is 7.80. The first kappa shape index (κ1) is 19.2. The molecule has 29 heavy (non-hydrogen) atoms. The number of nitrogens with zero attached hydrogens (tertiary/aromatic N) is 3. The second-order valence-corrected chi connectivity index (χ2v) is 7.46. The van der Waals surface area contributed by atoms with E-state index in [9.17, 15) is 0 Å². The van der Waals surface area contributed by atoms with Gasteiger partial charge in [-0.2, -0.15) is 0 Å². The van der Waals surface area contributed by atoms with Crippen LogP contribution >= 0.6 is 12.2 Å². The van der Waals surface area contributed by atoms with Crippen LogP contribution in [0.4, 0.5) is 11.4 Å². The van der Waals surface area contributed by atoms with Gasteiger partial charge < -0.3 is 0 Å². The zero-order valence-corrected chi connectivity index (χ0v) is 17.4. The topological polar surface area (TPSA) is 30.9 Å². The number of hydrazine groups is 1. The summed E-state index contributed by atoms with van der Waals surface area (Å²) in [6.45, 7) is 4.46. The van der Waals surface area contributed by atoms with Crippen molar-refractivity contribution in [2.24, 2.45) is 5.10 Å². The van der Waals surface area contributed by atoms with E-state index in [1.165, 1.54) is 5.56 Å².